The molecule has 0 radical (unpaired) electrons. The van der Waals surface area contributed by atoms with Crippen LogP contribution < -0.4 is 0 Å². The summed E-state index contributed by atoms with van der Waals surface area (Å²) in [5.74, 6) is 0.549. The quantitative estimate of drug-likeness (QED) is 0.862. The zero-order valence-electron chi connectivity index (χ0n) is 9.00. The third kappa shape index (κ3) is 1.82. The molecule has 0 amide bonds. The summed E-state index contributed by atoms with van der Waals surface area (Å²) < 4.78 is 5.47. The van der Waals surface area contributed by atoms with Gasteiger partial charge in [0.2, 0.25) is 0 Å². The molecule has 5 heteroatoms. The minimum atomic E-state index is -0.352. The summed E-state index contributed by atoms with van der Waals surface area (Å²) in [5, 5.41) is 0. The zero-order valence-corrected chi connectivity index (χ0v) is 10.6. The number of nitrogens with one attached hydrogen (secondary N) is 1. The number of rotatable bonds is 2. The lowest BCUT2D eigenvalue weighted by Crippen LogP contribution is -2.00. The molecule has 1 aromatic carbocycles. The van der Waals surface area contributed by atoms with Crippen molar-refractivity contribution in [2.75, 3.05) is 7.11 Å². The van der Waals surface area contributed by atoms with E-state index in [0.717, 1.165) is 27.8 Å². The summed E-state index contributed by atoms with van der Waals surface area (Å²) in [6.07, 6.45) is 0.828. The molecule has 0 aliphatic rings. The van der Waals surface area contributed by atoms with E-state index in [4.69, 9.17) is 0 Å². The largest absolute Gasteiger partial charge is 0.465 e. The number of imidazole rings is 1. The average molecular weight is 283 g/mol. The van der Waals surface area contributed by atoms with Gasteiger partial charge in [-0.1, -0.05) is 6.92 Å². The van der Waals surface area contributed by atoms with Crippen molar-refractivity contribution in [3.63, 3.8) is 0 Å². The van der Waals surface area contributed by atoms with Gasteiger partial charge in [-0.05, 0) is 28.1 Å². The van der Waals surface area contributed by atoms with Gasteiger partial charge in [0.25, 0.3) is 0 Å². The van der Waals surface area contributed by atoms with Crippen molar-refractivity contribution in [1.82, 2.24) is 9.97 Å². The summed E-state index contributed by atoms with van der Waals surface area (Å²) in [7, 11) is 1.37. The van der Waals surface area contributed by atoms with E-state index in [9.17, 15) is 4.79 Å². The summed E-state index contributed by atoms with van der Waals surface area (Å²) in [5.41, 5.74) is 2.18. The topological polar surface area (TPSA) is 55.0 Å². The highest BCUT2D eigenvalue weighted by Gasteiger charge is 2.12. The number of carbonyl (C=O) groups is 1. The number of benzene rings is 1. The first-order chi connectivity index (χ1) is 7.65. The molecule has 0 saturated heterocycles. The van der Waals surface area contributed by atoms with Gasteiger partial charge in [-0.15, -0.1) is 0 Å². The Balaban J connectivity index is 2.61. The second-order valence-corrected chi connectivity index (χ2v) is 4.24. The van der Waals surface area contributed by atoms with E-state index in [1.165, 1.54) is 7.11 Å². The van der Waals surface area contributed by atoms with Crippen LogP contribution in [0.25, 0.3) is 11.0 Å². The Morgan fingerprint density at radius 1 is 1.56 bits per heavy atom. The van der Waals surface area contributed by atoms with E-state index in [0.29, 0.717) is 5.56 Å². The monoisotopic (exact) mass is 282 g/mol. The maximum Gasteiger partial charge on any atom is 0.337 e. The smallest absolute Gasteiger partial charge is 0.337 e. The molecule has 1 aromatic heterocycles. The molecule has 1 heterocycles. The van der Waals surface area contributed by atoms with Crippen LogP contribution >= 0.6 is 15.9 Å². The van der Waals surface area contributed by atoms with Crippen LogP contribution in [0.3, 0.4) is 0 Å². The Morgan fingerprint density at radius 2 is 2.31 bits per heavy atom. The number of ether oxygens (including phenoxy) is 1. The molecule has 0 spiro atoms. The van der Waals surface area contributed by atoms with E-state index in [1.807, 2.05) is 6.92 Å². The standard InChI is InChI=1S/C11H11BrN2O2/c1-3-9-13-8-5-6(11(15)16-2)4-7(12)10(8)14-9/h4-5H,3H2,1-2H3,(H,13,14). The second-order valence-electron chi connectivity index (χ2n) is 3.38. The minimum absolute atomic E-state index is 0.352. The van der Waals surface area contributed by atoms with Crippen LogP contribution in [0.1, 0.15) is 23.1 Å². The number of hydrogen-bond donors (Lipinski definition) is 1. The first-order valence-corrected chi connectivity index (χ1v) is 5.71. The number of fused-ring (bicyclic) bond motifs is 1. The van der Waals surface area contributed by atoms with Gasteiger partial charge in [0.05, 0.1) is 18.2 Å². The van der Waals surface area contributed by atoms with Crippen LogP contribution in [-0.4, -0.2) is 23.0 Å². The van der Waals surface area contributed by atoms with Crippen molar-refractivity contribution >= 4 is 32.9 Å². The Bertz CT molecular complexity index is 548. The number of nitrogens with zero attached hydrogens (tertiary/aromatic N) is 1. The molecule has 84 valence electrons. The molecular formula is C11H11BrN2O2. The number of aryl methyl sites for hydroxylation is 1. The molecular weight excluding hydrogens is 272 g/mol. The summed E-state index contributed by atoms with van der Waals surface area (Å²) in [6, 6.07) is 3.46. The molecule has 0 unspecified atom stereocenters. The molecule has 1 N–H and O–H groups in total. The summed E-state index contributed by atoms with van der Waals surface area (Å²) in [6.45, 7) is 2.02. The van der Waals surface area contributed by atoms with E-state index < -0.39 is 0 Å². The van der Waals surface area contributed by atoms with Crippen molar-refractivity contribution in [3.8, 4) is 0 Å². The third-order valence-electron chi connectivity index (χ3n) is 2.35. The molecule has 2 aromatic rings. The zero-order chi connectivity index (χ0) is 11.7. The fourth-order valence-corrected chi connectivity index (χ4v) is 2.08. The maximum atomic E-state index is 11.4. The van der Waals surface area contributed by atoms with Gasteiger partial charge in [-0.2, -0.15) is 0 Å². The first kappa shape index (κ1) is 11.1. The fraction of sp³-hybridized carbons (Fsp3) is 0.273. The van der Waals surface area contributed by atoms with Gasteiger partial charge < -0.3 is 9.72 Å². The summed E-state index contributed by atoms with van der Waals surface area (Å²) >= 11 is 3.40. The number of methoxy groups -OCH3 is 1. The van der Waals surface area contributed by atoms with Gasteiger partial charge in [-0.25, -0.2) is 9.78 Å². The summed E-state index contributed by atoms with van der Waals surface area (Å²) in [4.78, 5) is 19.0. The van der Waals surface area contributed by atoms with Crippen LogP contribution in [0.5, 0.6) is 0 Å². The normalized spacial score (nSPS) is 10.7. The molecule has 0 aliphatic carbocycles. The first-order valence-electron chi connectivity index (χ1n) is 4.92. The van der Waals surface area contributed by atoms with Crippen molar-refractivity contribution in [2.45, 2.75) is 13.3 Å². The molecule has 16 heavy (non-hydrogen) atoms. The molecule has 0 fully saturated rings. The number of halogens is 1. The molecule has 0 saturated carbocycles. The van der Waals surface area contributed by atoms with E-state index in [2.05, 4.69) is 30.6 Å². The highest BCUT2D eigenvalue weighted by Crippen LogP contribution is 2.24. The third-order valence-corrected chi connectivity index (χ3v) is 2.95. The Morgan fingerprint density at radius 3 is 2.94 bits per heavy atom. The van der Waals surface area contributed by atoms with Crippen molar-refractivity contribution in [2.24, 2.45) is 0 Å². The number of esters is 1. The van der Waals surface area contributed by atoms with Crippen LogP contribution in [0.15, 0.2) is 16.6 Å². The molecule has 4 nitrogen and oxygen atoms in total. The second kappa shape index (κ2) is 4.25. The molecule has 0 aliphatic heterocycles. The number of H-pyrrole nitrogens is 1. The fourth-order valence-electron chi connectivity index (χ4n) is 1.53. The highest BCUT2D eigenvalue weighted by atomic mass is 79.9. The van der Waals surface area contributed by atoms with Gasteiger partial charge in [0.1, 0.15) is 11.3 Å². The van der Waals surface area contributed by atoms with Gasteiger partial charge in [-0.3, -0.25) is 0 Å². The van der Waals surface area contributed by atoms with Crippen molar-refractivity contribution in [3.05, 3.63) is 28.0 Å². The lowest BCUT2D eigenvalue weighted by molar-refractivity contribution is 0.0601. The predicted molar refractivity (Wildman–Crippen MR) is 64.5 cm³/mol. The number of hydrogen-bond acceptors (Lipinski definition) is 3. The molecule has 0 atom stereocenters. The SMILES string of the molecule is CCc1nc2c(Br)cc(C(=O)OC)cc2[nH]1. The Kier molecular flexibility index (Phi) is 2.96. The van der Waals surface area contributed by atoms with E-state index in [1.54, 1.807) is 12.1 Å². The van der Waals surface area contributed by atoms with Gasteiger partial charge in [0.15, 0.2) is 0 Å². The highest BCUT2D eigenvalue weighted by molar-refractivity contribution is 9.10. The average Bonchev–Trinajstić information content (AvgIpc) is 2.71. The van der Waals surface area contributed by atoms with Gasteiger partial charge in [0, 0.05) is 10.9 Å². The molecule has 0 bridgehead atoms. The Hall–Kier alpha value is -1.36. The number of carbonyl (C=O) groups excluding carboxylic acids is 1. The maximum absolute atomic E-state index is 11.4. The van der Waals surface area contributed by atoms with Crippen molar-refractivity contribution < 1.29 is 9.53 Å². The van der Waals surface area contributed by atoms with Crippen LogP contribution in [-0.2, 0) is 11.2 Å². The van der Waals surface area contributed by atoms with Crippen LogP contribution in [0, 0.1) is 0 Å². The Labute approximate surface area is 101 Å². The van der Waals surface area contributed by atoms with Crippen LogP contribution in [0.4, 0.5) is 0 Å². The minimum Gasteiger partial charge on any atom is -0.465 e. The van der Waals surface area contributed by atoms with Crippen LogP contribution in [0.2, 0.25) is 0 Å². The van der Waals surface area contributed by atoms with Gasteiger partial charge >= 0.3 is 5.97 Å². The number of aromatic amines is 1. The predicted octanol–water partition coefficient (Wildman–Crippen LogP) is 2.67. The van der Waals surface area contributed by atoms with E-state index >= 15 is 0 Å². The number of aromatic nitrogens is 2. The lowest BCUT2D eigenvalue weighted by atomic mass is 10.2. The lowest BCUT2D eigenvalue weighted by Gasteiger charge is -2.00. The van der Waals surface area contributed by atoms with Crippen molar-refractivity contribution in [1.29, 1.82) is 0 Å². The van der Waals surface area contributed by atoms with E-state index in [-0.39, 0.29) is 5.97 Å². The molecule has 2 rings (SSSR count).